The highest BCUT2D eigenvalue weighted by molar-refractivity contribution is 6.44. The molecule has 0 aliphatic heterocycles. The Morgan fingerprint density at radius 3 is 2.69 bits per heavy atom. The molecule has 1 fully saturated rings. The third-order valence-electron chi connectivity index (χ3n) is 2.50. The molecule has 1 aromatic carbocycles. The van der Waals surface area contributed by atoms with E-state index in [1.165, 1.54) is 0 Å². The van der Waals surface area contributed by atoms with E-state index in [0.717, 1.165) is 12.0 Å². The first-order valence-electron chi connectivity index (χ1n) is 4.30. The quantitative estimate of drug-likeness (QED) is 0.707. The van der Waals surface area contributed by atoms with Crippen molar-refractivity contribution in [3.63, 3.8) is 0 Å². The Hall–Kier alpha value is -0.505. The van der Waals surface area contributed by atoms with E-state index in [0.29, 0.717) is 5.02 Å². The van der Waals surface area contributed by atoms with Crippen molar-refractivity contribution >= 4 is 18.7 Å². The first-order chi connectivity index (χ1) is 6.18. The van der Waals surface area contributed by atoms with Gasteiger partial charge in [0, 0.05) is 10.8 Å². The van der Waals surface area contributed by atoms with Gasteiger partial charge in [-0.2, -0.15) is 0 Å². The van der Waals surface area contributed by atoms with Gasteiger partial charge < -0.3 is 10.0 Å². The molecule has 0 unspecified atom stereocenters. The Labute approximate surface area is 82.3 Å². The maximum Gasteiger partial charge on any atom is 0.455 e. The lowest BCUT2D eigenvalue weighted by atomic mass is 9.81. The van der Waals surface area contributed by atoms with Gasteiger partial charge in [0.05, 0.1) is 0 Å². The van der Waals surface area contributed by atoms with Crippen LogP contribution in [0.4, 0.5) is 0 Å². The highest BCUT2D eigenvalue weighted by atomic mass is 35.5. The highest BCUT2D eigenvalue weighted by Gasteiger charge is 2.46. The summed E-state index contributed by atoms with van der Waals surface area (Å²) in [6, 6.07) is 7.56. The molecule has 1 aromatic rings. The molecule has 4 heteroatoms. The molecule has 0 bridgehead atoms. The van der Waals surface area contributed by atoms with E-state index >= 15 is 0 Å². The van der Waals surface area contributed by atoms with E-state index in [-0.39, 0.29) is 11.7 Å². The SMILES string of the molecule is OB(O)[C@@H]1C[C@H]1c1cccc(Cl)c1. The van der Waals surface area contributed by atoms with Gasteiger partial charge in [-0.3, -0.25) is 0 Å². The van der Waals surface area contributed by atoms with Crippen LogP contribution in [0.5, 0.6) is 0 Å². The summed E-state index contributed by atoms with van der Waals surface area (Å²) in [4.78, 5) is 0. The fourth-order valence-corrected chi connectivity index (χ4v) is 1.86. The van der Waals surface area contributed by atoms with E-state index in [1.54, 1.807) is 0 Å². The molecule has 68 valence electrons. The van der Waals surface area contributed by atoms with E-state index in [2.05, 4.69) is 0 Å². The monoisotopic (exact) mass is 196 g/mol. The summed E-state index contributed by atoms with van der Waals surface area (Å²) in [6.45, 7) is 0. The van der Waals surface area contributed by atoms with Crippen LogP contribution in [-0.2, 0) is 0 Å². The third-order valence-corrected chi connectivity index (χ3v) is 2.73. The van der Waals surface area contributed by atoms with Crippen LogP contribution in [0.25, 0.3) is 0 Å². The van der Waals surface area contributed by atoms with E-state index in [4.69, 9.17) is 21.6 Å². The van der Waals surface area contributed by atoms with Crippen LogP contribution in [0.3, 0.4) is 0 Å². The summed E-state index contributed by atoms with van der Waals surface area (Å²) in [5.41, 5.74) is 1.10. The third kappa shape index (κ3) is 1.88. The molecule has 1 saturated carbocycles. The van der Waals surface area contributed by atoms with Crippen LogP contribution in [0.1, 0.15) is 17.9 Å². The zero-order valence-corrected chi connectivity index (χ0v) is 7.78. The topological polar surface area (TPSA) is 40.5 Å². The molecule has 13 heavy (non-hydrogen) atoms. The zero-order valence-electron chi connectivity index (χ0n) is 7.02. The van der Waals surface area contributed by atoms with Gasteiger partial charge >= 0.3 is 7.12 Å². The van der Waals surface area contributed by atoms with E-state index in [1.807, 2.05) is 24.3 Å². The molecule has 0 spiro atoms. The fraction of sp³-hybridized carbons (Fsp3) is 0.333. The second-order valence-electron chi connectivity index (χ2n) is 3.47. The van der Waals surface area contributed by atoms with Gasteiger partial charge in [-0.15, -0.1) is 0 Å². The van der Waals surface area contributed by atoms with Crippen LogP contribution in [0.2, 0.25) is 10.8 Å². The Morgan fingerprint density at radius 2 is 2.15 bits per heavy atom. The van der Waals surface area contributed by atoms with Crippen LogP contribution < -0.4 is 0 Å². The highest BCUT2D eigenvalue weighted by Crippen LogP contribution is 2.53. The second-order valence-corrected chi connectivity index (χ2v) is 3.91. The Balaban J connectivity index is 2.12. The summed E-state index contributed by atoms with van der Waals surface area (Å²) < 4.78 is 0. The summed E-state index contributed by atoms with van der Waals surface area (Å²) >= 11 is 5.82. The molecular weight excluding hydrogens is 186 g/mol. The minimum atomic E-state index is -1.19. The van der Waals surface area contributed by atoms with Gasteiger partial charge in [0.25, 0.3) is 0 Å². The standard InChI is InChI=1S/C9H10BClO2/c11-7-3-1-2-6(4-7)8-5-9(8)10(12)13/h1-4,8-9,12-13H,5H2/t8-,9+/m0/s1. The lowest BCUT2D eigenvalue weighted by Crippen LogP contribution is -2.11. The molecule has 2 N–H and O–H groups in total. The van der Waals surface area contributed by atoms with Crippen molar-refractivity contribution in [3.05, 3.63) is 34.9 Å². The van der Waals surface area contributed by atoms with Gasteiger partial charge in [0.2, 0.25) is 0 Å². The van der Waals surface area contributed by atoms with Gasteiger partial charge in [0.15, 0.2) is 0 Å². The average Bonchev–Trinajstić information content (AvgIpc) is 2.82. The molecule has 2 rings (SSSR count). The molecule has 0 saturated heterocycles. The van der Waals surface area contributed by atoms with Crippen molar-refractivity contribution < 1.29 is 10.0 Å². The van der Waals surface area contributed by atoms with Crippen LogP contribution in [0.15, 0.2) is 24.3 Å². The van der Waals surface area contributed by atoms with Crippen molar-refractivity contribution in [1.29, 1.82) is 0 Å². The Kier molecular flexibility index (Phi) is 2.32. The molecule has 2 atom stereocenters. The Morgan fingerprint density at radius 1 is 1.38 bits per heavy atom. The molecule has 2 nitrogen and oxygen atoms in total. The largest absolute Gasteiger partial charge is 0.455 e. The summed E-state index contributed by atoms with van der Waals surface area (Å²) in [5.74, 6) is 0.275. The summed E-state index contributed by atoms with van der Waals surface area (Å²) in [7, 11) is -1.19. The predicted octanol–water partition coefficient (Wildman–Crippen LogP) is 1.67. The summed E-state index contributed by atoms with van der Waals surface area (Å²) in [5, 5.41) is 18.5. The number of hydrogen-bond donors (Lipinski definition) is 2. The summed E-state index contributed by atoms with van der Waals surface area (Å²) in [6.07, 6.45) is 0.845. The van der Waals surface area contributed by atoms with Crippen LogP contribution >= 0.6 is 11.6 Å². The van der Waals surface area contributed by atoms with Gasteiger partial charge in [0.1, 0.15) is 0 Å². The van der Waals surface area contributed by atoms with Gasteiger partial charge in [-0.1, -0.05) is 23.7 Å². The van der Waals surface area contributed by atoms with Crippen molar-refractivity contribution in [1.82, 2.24) is 0 Å². The van der Waals surface area contributed by atoms with Crippen molar-refractivity contribution in [2.75, 3.05) is 0 Å². The molecule has 0 radical (unpaired) electrons. The smallest absolute Gasteiger partial charge is 0.427 e. The molecule has 1 aliphatic rings. The molecule has 0 amide bonds. The number of benzene rings is 1. The number of halogens is 1. The predicted molar refractivity (Wildman–Crippen MR) is 52.8 cm³/mol. The Bertz CT molecular complexity index is 316. The molecule has 0 heterocycles. The molecule has 1 aliphatic carbocycles. The van der Waals surface area contributed by atoms with Gasteiger partial charge in [-0.05, 0) is 30.0 Å². The zero-order chi connectivity index (χ0) is 9.42. The van der Waals surface area contributed by atoms with Gasteiger partial charge in [-0.25, -0.2) is 0 Å². The lowest BCUT2D eigenvalue weighted by Gasteiger charge is -1.99. The molecule has 0 aromatic heterocycles. The first kappa shape index (κ1) is 9.07. The van der Waals surface area contributed by atoms with E-state index in [9.17, 15) is 0 Å². The number of rotatable bonds is 2. The maximum atomic E-state index is 8.92. The minimum Gasteiger partial charge on any atom is -0.427 e. The normalized spacial score (nSPS) is 25.8. The number of hydrogen-bond acceptors (Lipinski definition) is 2. The van der Waals surface area contributed by atoms with Crippen LogP contribution in [0, 0.1) is 0 Å². The average molecular weight is 196 g/mol. The van der Waals surface area contributed by atoms with Crippen LogP contribution in [-0.4, -0.2) is 17.2 Å². The fourth-order valence-electron chi connectivity index (χ4n) is 1.66. The van der Waals surface area contributed by atoms with E-state index < -0.39 is 7.12 Å². The molecular formula is C9H10BClO2. The van der Waals surface area contributed by atoms with Crippen molar-refractivity contribution in [2.45, 2.75) is 18.2 Å². The lowest BCUT2D eigenvalue weighted by molar-refractivity contribution is 0.402. The minimum absolute atomic E-state index is 0.00142. The van der Waals surface area contributed by atoms with Crippen molar-refractivity contribution in [2.24, 2.45) is 0 Å². The maximum absolute atomic E-state index is 8.92. The van der Waals surface area contributed by atoms with Crippen molar-refractivity contribution in [3.8, 4) is 0 Å². The first-order valence-corrected chi connectivity index (χ1v) is 4.68. The second kappa shape index (κ2) is 3.33.